The maximum absolute atomic E-state index is 4.60. The minimum atomic E-state index is 0.201. The highest BCUT2D eigenvalue weighted by atomic mass is 14.7. The Kier molecular flexibility index (Phi) is 6.83. The monoisotopic (exact) mass is 504 g/mol. The molecule has 0 amide bonds. The Labute approximate surface area is 231 Å². The normalized spacial score (nSPS) is 45.3. The average Bonchev–Trinajstić information content (AvgIpc) is 2.96. The van der Waals surface area contributed by atoms with Gasteiger partial charge in [-0.15, -0.1) is 0 Å². The summed E-state index contributed by atoms with van der Waals surface area (Å²) in [6.45, 7) is 39.4. The predicted molar refractivity (Wildman–Crippen MR) is 163 cm³/mol. The molecule has 4 rings (SSSR count). The topological polar surface area (TPSA) is 0 Å². The van der Waals surface area contributed by atoms with Crippen LogP contribution in [0.5, 0.6) is 0 Å². The van der Waals surface area contributed by atoms with Gasteiger partial charge in [0.25, 0.3) is 0 Å². The summed E-state index contributed by atoms with van der Waals surface area (Å²) in [5, 5.41) is 0. The molecule has 37 heavy (non-hydrogen) atoms. The first-order chi connectivity index (χ1) is 16.8. The van der Waals surface area contributed by atoms with E-state index in [1.54, 1.807) is 11.1 Å². The fourth-order valence-electron chi connectivity index (χ4n) is 10.6. The van der Waals surface area contributed by atoms with Crippen molar-refractivity contribution in [3.8, 4) is 0 Å². The van der Waals surface area contributed by atoms with Crippen LogP contribution in [0.15, 0.2) is 47.6 Å². The third-order valence-electron chi connectivity index (χ3n) is 14.9. The van der Waals surface area contributed by atoms with Crippen LogP contribution in [0, 0.1) is 56.2 Å². The second-order valence-electron chi connectivity index (χ2n) is 16.3. The molecule has 0 aromatic carbocycles. The number of hydrogen-bond acceptors (Lipinski definition) is 0. The summed E-state index contributed by atoms with van der Waals surface area (Å²) in [5.41, 5.74) is 7.80. The van der Waals surface area contributed by atoms with Crippen molar-refractivity contribution in [2.75, 3.05) is 0 Å². The molecule has 0 aromatic rings. The Morgan fingerprint density at radius 1 is 0.892 bits per heavy atom. The second-order valence-corrected chi connectivity index (χ2v) is 16.3. The second kappa shape index (κ2) is 8.73. The summed E-state index contributed by atoms with van der Waals surface area (Å²) in [6.07, 6.45) is 14.2. The summed E-state index contributed by atoms with van der Waals surface area (Å²) in [7, 11) is 0. The van der Waals surface area contributed by atoms with E-state index in [2.05, 4.69) is 108 Å². The maximum Gasteiger partial charge on any atom is 0.00123 e. The van der Waals surface area contributed by atoms with Gasteiger partial charge < -0.3 is 0 Å². The Hall–Kier alpha value is -1.04. The Balaban J connectivity index is 1.81. The molecule has 208 valence electrons. The van der Waals surface area contributed by atoms with Gasteiger partial charge in [0.1, 0.15) is 0 Å². The molecule has 0 radical (unpaired) electrons. The predicted octanol–water partition coefficient (Wildman–Crippen LogP) is 11.4. The number of fused-ring (bicyclic) bond motifs is 5. The van der Waals surface area contributed by atoms with Crippen LogP contribution in [0.3, 0.4) is 0 Å². The lowest BCUT2D eigenvalue weighted by Gasteiger charge is -2.67. The van der Waals surface area contributed by atoms with Crippen molar-refractivity contribution in [3.63, 3.8) is 0 Å². The molecular formula is C37H60. The van der Waals surface area contributed by atoms with E-state index in [9.17, 15) is 0 Å². The molecule has 4 aliphatic carbocycles. The molecule has 0 aromatic heterocycles. The van der Waals surface area contributed by atoms with Crippen molar-refractivity contribution < 1.29 is 0 Å². The first kappa shape index (κ1) is 29.0. The van der Waals surface area contributed by atoms with Gasteiger partial charge in [0.2, 0.25) is 0 Å². The molecule has 2 fully saturated rings. The van der Waals surface area contributed by atoms with Gasteiger partial charge in [-0.1, -0.05) is 113 Å². The van der Waals surface area contributed by atoms with E-state index in [4.69, 9.17) is 0 Å². The van der Waals surface area contributed by atoms with E-state index in [1.165, 1.54) is 49.7 Å². The molecule has 2 saturated carbocycles. The van der Waals surface area contributed by atoms with Crippen LogP contribution in [0.2, 0.25) is 0 Å². The molecule has 0 bridgehead atoms. The zero-order valence-electron chi connectivity index (χ0n) is 26.8. The lowest BCUT2D eigenvalue weighted by atomic mass is 9.36. The highest BCUT2D eigenvalue weighted by Crippen LogP contribution is 2.79. The quantitative estimate of drug-likeness (QED) is 0.315. The van der Waals surface area contributed by atoms with Gasteiger partial charge in [-0.05, 0) is 114 Å². The van der Waals surface area contributed by atoms with Crippen LogP contribution >= 0.6 is 0 Å². The molecule has 0 aliphatic heterocycles. The average molecular weight is 505 g/mol. The largest absolute Gasteiger partial charge is 0.0998 e. The van der Waals surface area contributed by atoms with Crippen molar-refractivity contribution in [2.45, 2.75) is 128 Å². The van der Waals surface area contributed by atoms with Gasteiger partial charge in [0.05, 0.1) is 0 Å². The minimum absolute atomic E-state index is 0.201. The molecule has 0 N–H and O–H groups in total. The van der Waals surface area contributed by atoms with Crippen molar-refractivity contribution in [3.05, 3.63) is 47.6 Å². The van der Waals surface area contributed by atoms with Crippen LogP contribution in [-0.4, -0.2) is 0 Å². The summed E-state index contributed by atoms with van der Waals surface area (Å²) in [4.78, 5) is 0. The molecule has 0 heterocycles. The van der Waals surface area contributed by atoms with E-state index in [-0.39, 0.29) is 21.7 Å². The van der Waals surface area contributed by atoms with Crippen molar-refractivity contribution >= 4 is 0 Å². The van der Waals surface area contributed by atoms with E-state index in [1.807, 2.05) is 0 Å². The molecule has 0 spiro atoms. The van der Waals surface area contributed by atoms with Crippen molar-refractivity contribution in [1.82, 2.24) is 0 Å². The van der Waals surface area contributed by atoms with E-state index < -0.39 is 0 Å². The van der Waals surface area contributed by atoms with Crippen LogP contribution in [-0.2, 0) is 0 Å². The lowest BCUT2D eigenvalue weighted by molar-refractivity contribution is -0.110. The number of allylic oxidation sites excluding steroid dienone is 6. The van der Waals surface area contributed by atoms with Crippen molar-refractivity contribution in [2.24, 2.45) is 56.2 Å². The van der Waals surface area contributed by atoms with Crippen LogP contribution in [0.4, 0.5) is 0 Å². The first-order valence-electron chi connectivity index (χ1n) is 15.6. The number of rotatable bonds is 6. The zero-order valence-corrected chi connectivity index (χ0v) is 26.8. The Bertz CT molecular complexity index is 1030. The molecule has 0 saturated heterocycles. The van der Waals surface area contributed by atoms with Crippen LogP contribution in [0.1, 0.15) is 128 Å². The maximum atomic E-state index is 4.60. The van der Waals surface area contributed by atoms with Gasteiger partial charge in [-0.2, -0.15) is 0 Å². The first-order valence-corrected chi connectivity index (χ1v) is 15.6. The molecule has 4 aliphatic rings. The van der Waals surface area contributed by atoms with Crippen LogP contribution < -0.4 is 0 Å². The van der Waals surface area contributed by atoms with Gasteiger partial charge >= 0.3 is 0 Å². The summed E-state index contributed by atoms with van der Waals surface area (Å²) in [6, 6.07) is 0. The van der Waals surface area contributed by atoms with Gasteiger partial charge in [-0.3, -0.25) is 0 Å². The van der Waals surface area contributed by atoms with E-state index in [0.29, 0.717) is 28.6 Å². The van der Waals surface area contributed by atoms with E-state index >= 15 is 0 Å². The number of hydrogen-bond donors (Lipinski definition) is 0. The Morgan fingerprint density at radius 2 is 1.46 bits per heavy atom. The molecular weight excluding hydrogens is 444 g/mol. The van der Waals surface area contributed by atoms with E-state index in [0.717, 1.165) is 12.3 Å². The Morgan fingerprint density at radius 3 is 2.03 bits per heavy atom. The summed E-state index contributed by atoms with van der Waals surface area (Å²) in [5.74, 6) is 2.53. The summed E-state index contributed by atoms with van der Waals surface area (Å²) >= 11 is 0. The van der Waals surface area contributed by atoms with Crippen LogP contribution in [0.25, 0.3) is 0 Å². The van der Waals surface area contributed by atoms with Crippen molar-refractivity contribution in [1.29, 1.82) is 0 Å². The van der Waals surface area contributed by atoms with Gasteiger partial charge in [0.15, 0.2) is 0 Å². The van der Waals surface area contributed by atoms with Gasteiger partial charge in [0, 0.05) is 5.41 Å². The smallest absolute Gasteiger partial charge is 0.00123 e. The molecule has 0 unspecified atom stereocenters. The fourth-order valence-corrected chi connectivity index (χ4v) is 10.6. The SMILES string of the molecule is C=C(CC[C@@H](C(=C)C)[C@@]1(C)C[C@H](C)[C@@]2(C)C3=CC[C@@]4(C)C(C)(C)[C@@H](C)CC[C@]4(C)C3=CC[C@]12C)C(C)C. The zero-order chi connectivity index (χ0) is 28.0. The molecule has 0 nitrogen and oxygen atoms in total. The third-order valence-corrected chi connectivity index (χ3v) is 14.9. The third kappa shape index (κ3) is 3.45. The highest BCUT2D eigenvalue weighted by Gasteiger charge is 2.71. The van der Waals surface area contributed by atoms with Gasteiger partial charge in [-0.25, -0.2) is 0 Å². The fraction of sp³-hybridized carbons (Fsp3) is 0.784. The molecule has 0 heteroatoms. The summed E-state index contributed by atoms with van der Waals surface area (Å²) < 4.78 is 0. The minimum Gasteiger partial charge on any atom is -0.0998 e. The highest BCUT2D eigenvalue weighted by molar-refractivity contribution is 5.52. The molecule has 8 atom stereocenters. The lowest BCUT2D eigenvalue weighted by Crippen LogP contribution is -2.59. The standard InChI is InChI=1S/C37H60/c1-24(2)26(5)15-16-29(25(3)4)34(11)23-28(7)37(14)31-19-21-35(12)32(8,9)27(6)17-20-33(35,10)30(31)18-22-36(34,37)13/h18-19,24,27-29H,3,5,15-17,20-23H2,1-2,4,6-14H3/t27-,28-,29-,33+,34+,35-,36+,37-/m0/s1.